The number of hydrogen-bond acceptors (Lipinski definition) is 6. The maximum atomic E-state index is 12.3. The molecule has 7 heteroatoms. The quantitative estimate of drug-likeness (QED) is 0.479. The molecule has 0 spiro atoms. The molecule has 26 heavy (non-hydrogen) atoms. The number of ether oxygens (including phenoxy) is 2. The maximum absolute atomic E-state index is 12.3. The lowest BCUT2D eigenvalue weighted by atomic mass is 10.2. The third kappa shape index (κ3) is 4.24. The van der Waals surface area contributed by atoms with E-state index in [-0.39, 0.29) is 18.5 Å². The number of carbonyl (C=O) groups excluding carboxylic acids is 1. The van der Waals surface area contributed by atoms with Crippen molar-refractivity contribution in [1.29, 1.82) is 0 Å². The second-order valence-corrected chi connectivity index (χ2v) is 5.68. The minimum absolute atomic E-state index is 0.0149. The lowest BCUT2D eigenvalue weighted by molar-refractivity contribution is -0.134. The van der Waals surface area contributed by atoms with E-state index in [1.165, 1.54) is 4.68 Å². The van der Waals surface area contributed by atoms with Gasteiger partial charge in [-0.1, -0.05) is 24.3 Å². The Labute approximate surface area is 150 Å². The molecule has 7 nitrogen and oxygen atoms in total. The van der Waals surface area contributed by atoms with Crippen LogP contribution in [0.2, 0.25) is 0 Å². The minimum atomic E-state index is -0.450. The van der Waals surface area contributed by atoms with Gasteiger partial charge in [0.1, 0.15) is 17.0 Å². The average molecular weight is 353 g/mol. The van der Waals surface area contributed by atoms with Gasteiger partial charge in [-0.2, -0.15) is 0 Å². The van der Waals surface area contributed by atoms with E-state index in [0.717, 1.165) is 12.2 Å². The molecule has 2 aromatic carbocycles. The molecule has 0 aliphatic heterocycles. The highest BCUT2D eigenvalue weighted by Crippen LogP contribution is 2.18. The number of aromatic nitrogens is 3. The van der Waals surface area contributed by atoms with Crippen molar-refractivity contribution < 1.29 is 14.3 Å². The van der Waals surface area contributed by atoms with Crippen molar-refractivity contribution in [3.8, 4) is 11.5 Å². The van der Waals surface area contributed by atoms with Crippen LogP contribution in [0.5, 0.6) is 11.5 Å². The predicted octanol–water partition coefficient (Wildman–Crippen LogP) is 2.58. The number of nitrogens with zero attached hydrogens (tertiary/aromatic N) is 3. The molecule has 0 radical (unpaired) electrons. The van der Waals surface area contributed by atoms with E-state index in [4.69, 9.17) is 9.47 Å². The van der Waals surface area contributed by atoms with E-state index in [1.54, 1.807) is 48.5 Å². The van der Waals surface area contributed by atoms with Gasteiger partial charge in [0, 0.05) is 0 Å². The fourth-order valence-electron chi connectivity index (χ4n) is 2.37. The molecule has 1 aromatic heterocycles. The molecule has 134 valence electrons. The van der Waals surface area contributed by atoms with Crippen molar-refractivity contribution in [3.63, 3.8) is 0 Å². The number of hydrogen-bond donors (Lipinski definition) is 0. The van der Waals surface area contributed by atoms with Crippen LogP contribution in [-0.2, 0) is 11.3 Å². The van der Waals surface area contributed by atoms with Gasteiger partial charge in [-0.15, -0.1) is 5.10 Å². The third-order valence-electron chi connectivity index (χ3n) is 3.69. The van der Waals surface area contributed by atoms with E-state index >= 15 is 0 Å². The molecule has 0 amide bonds. The molecule has 0 aliphatic rings. The first kappa shape index (κ1) is 17.6. The van der Waals surface area contributed by atoms with Crippen LogP contribution in [0.4, 0.5) is 0 Å². The molecular weight excluding hydrogens is 334 g/mol. The van der Waals surface area contributed by atoms with Gasteiger partial charge in [-0.05, 0) is 42.8 Å². The van der Waals surface area contributed by atoms with Gasteiger partial charge in [0.2, 0.25) is 0 Å². The van der Waals surface area contributed by atoms with Gasteiger partial charge in [0.25, 0.3) is 5.56 Å². The van der Waals surface area contributed by atoms with Crippen LogP contribution in [0.1, 0.15) is 19.8 Å². The van der Waals surface area contributed by atoms with Gasteiger partial charge in [0.15, 0.2) is 0 Å². The van der Waals surface area contributed by atoms with Crippen molar-refractivity contribution in [1.82, 2.24) is 15.0 Å². The number of benzene rings is 2. The lowest BCUT2D eigenvalue weighted by Gasteiger charge is -2.07. The molecule has 0 fully saturated rings. The zero-order valence-corrected chi connectivity index (χ0v) is 14.4. The average Bonchev–Trinajstić information content (AvgIpc) is 2.67. The monoisotopic (exact) mass is 353 g/mol. The first-order valence-electron chi connectivity index (χ1n) is 8.43. The predicted molar refractivity (Wildman–Crippen MR) is 96.3 cm³/mol. The lowest BCUT2D eigenvalue weighted by Crippen LogP contribution is -2.26. The summed E-state index contributed by atoms with van der Waals surface area (Å²) in [5.74, 6) is 0.703. The molecule has 0 aliphatic carbocycles. The fourth-order valence-corrected chi connectivity index (χ4v) is 2.37. The Hall–Kier alpha value is -3.22. The zero-order valence-electron chi connectivity index (χ0n) is 14.4. The van der Waals surface area contributed by atoms with Gasteiger partial charge >= 0.3 is 5.97 Å². The Kier molecular flexibility index (Phi) is 5.58. The number of aryl methyl sites for hydroxylation is 1. The minimum Gasteiger partial charge on any atom is -0.494 e. The summed E-state index contributed by atoms with van der Waals surface area (Å²) < 4.78 is 11.9. The summed E-state index contributed by atoms with van der Waals surface area (Å²) in [7, 11) is 0. The molecule has 1 heterocycles. The normalized spacial score (nSPS) is 10.7. The highest BCUT2D eigenvalue weighted by Gasteiger charge is 2.09. The fraction of sp³-hybridized carbons (Fsp3) is 0.263. The summed E-state index contributed by atoms with van der Waals surface area (Å²) >= 11 is 0. The summed E-state index contributed by atoms with van der Waals surface area (Å²) in [6.45, 7) is 2.77. The van der Waals surface area contributed by atoms with E-state index in [0.29, 0.717) is 23.3 Å². The molecule has 0 unspecified atom stereocenters. The first-order chi connectivity index (χ1) is 12.7. The highest BCUT2D eigenvalue weighted by molar-refractivity contribution is 5.76. The Balaban J connectivity index is 1.59. The third-order valence-corrected chi connectivity index (χ3v) is 3.69. The molecule has 0 saturated carbocycles. The molecule has 3 aromatic rings. The van der Waals surface area contributed by atoms with Gasteiger partial charge in [-0.3, -0.25) is 9.59 Å². The Morgan fingerprint density at radius 1 is 1.08 bits per heavy atom. The summed E-state index contributed by atoms with van der Waals surface area (Å²) in [6, 6.07) is 13.8. The van der Waals surface area contributed by atoms with E-state index in [9.17, 15) is 9.59 Å². The number of fused-ring (bicyclic) bond motifs is 1. The van der Waals surface area contributed by atoms with Crippen LogP contribution in [-0.4, -0.2) is 27.6 Å². The van der Waals surface area contributed by atoms with Gasteiger partial charge < -0.3 is 9.47 Å². The second kappa shape index (κ2) is 8.24. The van der Waals surface area contributed by atoms with Crippen LogP contribution in [0.15, 0.2) is 53.3 Å². The summed E-state index contributed by atoms with van der Waals surface area (Å²) in [5, 5.41) is 8.31. The van der Waals surface area contributed by atoms with Gasteiger partial charge in [-0.25, -0.2) is 4.68 Å². The van der Waals surface area contributed by atoms with Crippen LogP contribution < -0.4 is 15.0 Å². The Morgan fingerprint density at radius 2 is 1.81 bits per heavy atom. The zero-order chi connectivity index (χ0) is 18.4. The summed E-state index contributed by atoms with van der Waals surface area (Å²) in [6.07, 6.45) is 0.939. The number of rotatable bonds is 7. The van der Waals surface area contributed by atoms with Crippen molar-refractivity contribution in [2.24, 2.45) is 0 Å². The molecule has 0 saturated heterocycles. The molecule has 0 N–H and O–H groups in total. The number of carbonyl (C=O) groups is 1. The van der Waals surface area contributed by atoms with Crippen molar-refractivity contribution in [2.75, 3.05) is 6.61 Å². The van der Waals surface area contributed by atoms with Crippen LogP contribution in [0, 0.1) is 0 Å². The number of esters is 1. The largest absolute Gasteiger partial charge is 0.494 e. The molecule has 0 bridgehead atoms. The van der Waals surface area contributed by atoms with E-state index in [2.05, 4.69) is 10.3 Å². The molecule has 3 rings (SSSR count). The van der Waals surface area contributed by atoms with E-state index < -0.39 is 5.97 Å². The topological polar surface area (TPSA) is 83.3 Å². The maximum Gasteiger partial charge on any atom is 0.313 e. The van der Waals surface area contributed by atoms with Crippen molar-refractivity contribution >= 4 is 16.9 Å². The van der Waals surface area contributed by atoms with Crippen LogP contribution in [0.25, 0.3) is 10.9 Å². The standard InChI is InChI=1S/C19H19N3O4/c1-2-13-25-14-7-9-15(10-8-14)26-18(23)11-12-22-19(24)16-5-3-4-6-17(16)20-21-22/h3-10H,2,11-13H2,1H3. The first-order valence-corrected chi connectivity index (χ1v) is 8.43. The summed E-state index contributed by atoms with van der Waals surface area (Å²) in [5.41, 5.74) is 0.252. The second-order valence-electron chi connectivity index (χ2n) is 5.68. The highest BCUT2D eigenvalue weighted by atomic mass is 16.5. The summed E-state index contributed by atoms with van der Waals surface area (Å²) in [4.78, 5) is 24.3. The smallest absolute Gasteiger partial charge is 0.313 e. The molecule has 0 atom stereocenters. The van der Waals surface area contributed by atoms with Crippen LogP contribution >= 0.6 is 0 Å². The van der Waals surface area contributed by atoms with Crippen molar-refractivity contribution in [2.45, 2.75) is 26.3 Å². The Bertz CT molecular complexity index is 951. The van der Waals surface area contributed by atoms with Crippen LogP contribution in [0.3, 0.4) is 0 Å². The van der Waals surface area contributed by atoms with Gasteiger partial charge in [0.05, 0.1) is 25.0 Å². The molecular formula is C19H19N3O4. The van der Waals surface area contributed by atoms with E-state index in [1.807, 2.05) is 6.92 Å². The SMILES string of the molecule is CCCOc1ccc(OC(=O)CCn2nnc3ccccc3c2=O)cc1. The van der Waals surface area contributed by atoms with Crippen molar-refractivity contribution in [3.05, 3.63) is 58.9 Å². The Morgan fingerprint density at radius 3 is 2.58 bits per heavy atom.